The van der Waals surface area contributed by atoms with Gasteiger partial charge in [0, 0.05) is 12.6 Å². The van der Waals surface area contributed by atoms with Crippen LogP contribution in [-0.2, 0) is 26.2 Å². The van der Waals surface area contributed by atoms with E-state index in [0.29, 0.717) is 5.69 Å². The number of rotatable bonds is 11. The summed E-state index contributed by atoms with van der Waals surface area (Å²) in [6.07, 6.45) is 0.751. The third-order valence-electron chi connectivity index (χ3n) is 6.82. The van der Waals surface area contributed by atoms with Crippen molar-refractivity contribution in [2.75, 3.05) is 10.8 Å². The maximum Gasteiger partial charge on any atom is 0.264 e. The molecule has 0 spiro atoms. The first-order valence-electron chi connectivity index (χ1n) is 12.8. The average Bonchev–Trinajstić information content (AvgIpc) is 2.92. The van der Waals surface area contributed by atoms with Crippen molar-refractivity contribution in [3.63, 3.8) is 0 Å². The highest BCUT2D eigenvalue weighted by atomic mass is 32.2. The van der Waals surface area contributed by atoms with Crippen molar-refractivity contribution in [3.05, 3.63) is 95.6 Å². The van der Waals surface area contributed by atoms with Crippen molar-refractivity contribution in [2.24, 2.45) is 0 Å². The smallest absolute Gasteiger partial charge is 0.264 e. The zero-order chi connectivity index (χ0) is 27.9. The lowest BCUT2D eigenvalue weighted by Gasteiger charge is -2.33. The summed E-state index contributed by atoms with van der Waals surface area (Å²) in [6, 6.07) is 22.0. The van der Waals surface area contributed by atoms with Gasteiger partial charge in [0.15, 0.2) is 0 Å². The molecular formula is C30H37N3O4S. The number of sulfonamides is 1. The Labute approximate surface area is 226 Å². The molecule has 0 bridgehead atoms. The predicted octanol–water partition coefficient (Wildman–Crippen LogP) is 4.83. The molecule has 3 aromatic carbocycles. The lowest BCUT2D eigenvalue weighted by atomic mass is 10.1. The Balaban J connectivity index is 2.04. The van der Waals surface area contributed by atoms with Crippen LogP contribution in [0.5, 0.6) is 0 Å². The van der Waals surface area contributed by atoms with E-state index >= 15 is 0 Å². The number of anilines is 1. The molecule has 0 heterocycles. The van der Waals surface area contributed by atoms with E-state index in [-0.39, 0.29) is 23.4 Å². The van der Waals surface area contributed by atoms with Crippen LogP contribution in [0.25, 0.3) is 0 Å². The van der Waals surface area contributed by atoms with Gasteiger partial charge >= 0.3 is 0 Å². The normalized spacial score (nSPS) is 12.9. The largest absolute Gasteiger partial charge is 0.352 e. The number of amides is 2. The van der Waals surface area contributed by atoms with Gasteiger partial charge in [-0.3, -0.25) is 13.9 Å². The van der Waals surface area contributed by atoms with Crippen LogP contribution < -0.4 is 9.62 Å². The highest BCUT2D eigenvalue weighted by Gasteiger charge is 2.33. The van der Waals surface area contributed by atoms with Gasteiger partial charge in [-0.05, 0) is 69.0 Å². The molecule has 0 saturated carbocycles. The van der Waals surface area contributed by atoms with Gasteiger partial charge in [-0.1, -0.05) is 67.6 Å². The molecule has 0 aromatic heterocycles. The van der Waals surface area contributed by atoms with Crippen LogP contribution >= 0.6 is 0 Å². The van der Waals surface area contributed by atoms with E-state index in [9.17, 15) is 18.0 Å². The fraction of sp³-hybridized carbons (Fsp3) is 0.333. The summed E-state index contributed by atoms with van der Waals surface area (Å²) in [6.45, 7) is 9.01. The molecule has 0 aliphatic carbocycles. The van der Waals surface area contributed by atoms with Gasteiger partial charge < -0.3 is 10.2 Å². The van der Waals surface area contributed by atoms with Gasteiger partial charge in [0.1, 0.15) is 12.6 Å². The minimum absolute atomic E-state index is 0.0523. The summed E-state index contributed by atoms with van der Waals surface area (Å²) >= 11 is 0. The van der Waals surface area contributed by atoms with E-state index < -0.39 is 28.5 Å². The third kappa shape index (κ3) is 6.81. The molecule has 2 atom stereocenters. The van der Waals surface area contributed by atoms with E-state index in [2.05, 4.69) is 5.32 Å². The van der Waals surface area contributed by atoms with Gasteiger partial charge in [-0.15, -0.1) is 0 Å². The Morgan fingerprint density at radius 3 is 2.08 bits per heavy atom. The number of benzene rings is 3. The lowest BCUT2D eigenvalue weighted by Crippen LogP contribution is -2.52. The zero-order valence-corrected chi connectivity index (χ0v) is 23.5. The summed E-state index contributed by atoms with van der Waals surface area (Å²) in [7, 11) is -4.08. The minimum Gasteiger partial charge on any atom is -0.352 e. The van der Waals surface area contributed by atoms with E-state index in [1.807, 2.05) is 64.1 Å². The van der Waals surface area contributed by atoms with E-state index in [1.165, 1.54) is 17.0 Å². The molecule has 7 nitrogen and oxygen atoms in total. The van der Waals surface area contributed by atoms with Gasteiger partial charge in [0.05, 0.1) is 10.6 Å². The number of carbonyl (C=O) groups excluding carboxylic acids is 2. The second kappa shape index (κ2) is 12.7. The first-order valence-corrected chi connectivity index (χ1v) is 14.3. The van der Waals surface area contributed by atoms with Crippen LogP contribution in [-0.4, -0.2) is 43.8 Å². The Bertz CT molecular complexity index is 1340. The molecule has 8 heteroatoms. The summed E-state index contributed by atoms with van der Waals surface area (Å²) < 4.78 is 28.9. The van der Waals surface area contributed by atoms with Crippen LogP contribution in [0.3, 0.4) is 0 Å². The van der Waals surface area contributed by atoms with Crippen molar-refractivity contribution < 1.29 is 18.0 Å². The second-order valence-corrected chi connectivity index (χ2v) is 11.4. The van der Waals surface area contributed by atoms with Crippen molar-refractivity contribution in [2.45, 2.75) is 64.6 Å². The van der Waals surface area contributed by atoms with Crippen LogP contribution in [0, 0.1) is 13.8 Å². The molecule has 0 unspecified atom stereocenters. The van der Waals surface area contributed by atoms with Crippen molar-refractivity contribution in [1.82, 2.24) is 10.2 Å². The molecule has 0 fully saturated rings. The molecule has 0 aliphatic rings. The molecule has 202 valence electrons. The fourth-order valence-corrected chi connectivity index (χ4v) is 5.56. The van der Waals surface area contributed by atoms with Crippen molar-refractivity contribution in [1.29, 1.82) is 0 Å². The van der Waals surface area contributed by atoms with Crippen LogP contribution in [0.15, 0.2) is 83.8 Å². The maximum absolute atomic E-state index is 13.9. The highest BCUT2D eigenvalue weighted by Crippen LogP contribution is 2.29. The number of hydrogen-bond donors (Lipinski definition) is 1. The average molecular weight is 536 g/mol. The summed E-state index contributed by atoms with van der Waals surface area (Å²) in [5.74, 6) is -0.756. The number of nitrogens with one attached hydrogen (secondary N) is 1. The van der Waals surface area contributed by atoms with Gasteiger partial charge in [0.2, 0.25) is 11.8 Å². The molecule has 3 rings (SSSR count). The summed E-state index contributed by atoms with van der Waals surface area (Å²) in [5, 5.41) is 2.94. The van der Waals surface area contributed by atoms with Crippen LogP contribution in [0.1, 0.15) is 43.9 Å². The number of carbonyl (C=O) groups is 2. The van der Waals surface area contributed by atoms with Crippen molar-refractivity contribution >= 4 is 27.5 Å². The Morgan fingerprint density at radius 1 is 0.868 bits per heavy atom. The first-order chi connectivity index (χ1) is 18.1. The fourth-order valence-electron chi connectivity index (χ4n) is 4.07. The molecule has 0 aliphatic heterocycles. The molecule has 1 N–H and O–H groups in total. The van der Waals surface area contributed by atoms with Crippen LogP contribution in [0.4, 0.5) is 5.69 Å². The lowest BCUT2D eigenvalue weighted by molar-refractivity contribution is -0.139. The van der Waals surface area contributed by atoms with E-state index in [0.717, 1.165) is 27.4 Å². The number of aryl methyl sites for hydroxylation is 1. The van der Waals surface area contributed by atoms with Crippen molar-refractivity contribution in [3.8, 4) is 0 Å². The first kappa shape index (κ1) is 28.9. The highest BCUT2D eigenvalue weighted by molar-refractivity contribution is 7.92. The van der Waals surface area contributed by atoms with Gasteiger partial charge in [0.25, 0.3) is 10.0 Å². The Hall–Kier alpha value is -3.65. The molecule has 0 saturated heterocycles. The van der Waals surface area contributed by atoms with Gasteiger partial charge in [-0.2, -0.15) is 0 Å². The maximum atomic E-state index is 13.9. The van der Waals surface area contributed by atoms with E-state index in [1.54, 1.807) is 37.3 Å². The molecular weight excluding hydrogens is 498 g/mol. The van der Waals surface area contributed by atoms with Crippen LogP contribution in [0.2, 0.25) is 0 Å². The molecule has 3 aromatic rings. The minimum atomic E-state index is -4.08. The predicted molar refractivity (Wildman–Crippen MR) is 151 cm³/mol. The quantitative estimate of drug-likeness (QED) is 0.381. The van der Waals surface area contributed by atoms with E-state index in [4.69, 9.17) is 0 Å². The third-order valence-corrected chi connectivity index (χ3v) is 8.59. The number of nitrogens with zero attached hydrogens (tertiary/aromatic N) is 2. The Kier molecular flexibility index (Phi) is 9.69. The number of hydrogen-bond acceptors (Lipinski definition) is 4. The monoisotopic (exact) mass is 535 g/mol. The Morgan fingerprint density at radius 2 is 1.47 bits per heavy atom. The summed E-state index contributed by atoms with van der Waals surface area (Å²) in [4.78, 5) is 28.6. The van der Waals surface area contributed by atoms with Gasteiger partial charge in [-0.25, -0.2) is 8.42 Å². The molecule has 0 radical (unpaired) electrons. The zero-order valence-electron chi connectivity index (χ0n) is 22.7. The topological polar surface area (TPSA) is 86.8 Å². The molecule has 38 heavy (non-hydrogen) atoms. The summed E-state index contributed by atoms with van der Waals surface area (Å²) in [5.41, 5.74) is 2.94. The SMILES string of the molecule is CC[C@H](C)NC(=O)[C@H](C)N(Cc1ccccc1)C(=O)CN(c1cccc(C)c1C)S(=O)(=O)c1ccccc1. The molecule has 2 amide bonds. The standard InChI is InChI=1S/C30H37N3O4S/c1-6-23(3)31-30(35)25(5)32(20-26-15-9-7-10-16-26)29(34)21-33(28-19-13-14-22(2)24(28)4)38(36,37)27-17-11-8-12-18-27/h7-19,23,25H,6,20-21H2,1-5H3,(H,31,35)/t23-,25-/m0/s1. The second-order valence-electron chi connectivity index (χ2n) is 9.54.